The highest BCUT2D eigenvalue weighted by Crippen LogP contribution is 2.29. The Morgan fingerprint density at radius 1 is 1.39 bits per heavy atom. The third-order valence-electron chi connectivity index (χ3n) is 4.05. The lowest BCUT2D eigenvalue weighted by atomic mass is 9.80. The van der Waals surface area contributed by atoms with E-state index in [4.69, 9.17) is 4.74 Å². The van der Waals surface area contributed by atoms with E-state index < -0.39 is 17.7 Å². The molecule has 1 saturated carbocycles. The highest BCUT2D eigenvalue weighted by atomic mass is 19.2. The predicted octanol–water partition coefficient (Wildman–Crippen LogP) is 2.19. The minimum Gasteiger partial charge on any atom is -0.491 e. The molecule has 0 spiro atoms. The number of hydrogen-bond donors (Lipinski definition) is 3. The molecule has 2 unspecified atom stereocenters. The normalized spacial score (nSPS) is 17.0. The third-order valence-corrected chi connectivity index (χ3v) is 4.05. The van der Waals surface area contributed by atoms with Gasteiger partial charge in [-0.1, -0.05) is 6.42 Å². The molecule has 0 radical (unpaired) electrons. The highest BCUT2D eigenvalue weighted by Gasteiger charge is 2.24. The highest BCUT2D eigenvalue weighted by molar-refractivity contribution is 5.74. The van der Waals surface area contributed by atoms with E-state index in [2.05, 4.69) is 10.6 Å². The standard InChI is InChI=1S/C16H22F2N2O3/c1-10(11-3-2-4-11)20-16(22)19-8-12(21)9-23-13-5-6-14(17)15(18)7-13/h5-7,10-12,21H,2-4,8-9H2,1H3,(H2,19,20,22). The number of ether oxygens (including phenoxy) is 1. The van der Waals surface area contributed by atoms with Crippen LogP contribution in [0.3, 0.4) is 0 Å². The van der Waals surface area contributed by atoms with Crippen LogP contribution in [0.5, 0.6) is 5.75 Å². The summed E-state index contributed by atoms with van der Waals surface area (Å²) in [5.41, 5.74) is 0. The van der Waals surface area contributed by atoms with Crippen molar-refractivity contribution in [1.29, 1.82) is 0 Å². The number of carbonyl (C=O) groups excluding carboxylic acids is 1. The molecule has 0 saturated heterocycles. The Morgan fingerprint density at radius 2 is 2.13 bits per heavy atom. The molecule has 1 aliphatic carbocycles. The summed E-state index contributed by atoms with van der Waals surface area (Å²) in [7, 11) is 0. The molecule has 23 heavy (non-hydrogen) atoms. The summed E-state index contributed by atoms with van der Waals surface area (Å²) in [6.07, 6.45) is 2.52. The molecule has 5 nitrogen and oxygen atoms in total. The molecular weight excluding hydrogens is 306 g/mol. The predicted molar refractivity (Wildman–Crippen MR) is 81.2 cm³/mol. The van der Waals surface area contributed by atoms with E-state index in [0.29, 0.717) is 5.92 Å². The number of aliphatic hydroxyl groups excluding tert-OH is 1. The second kappa shape index (κ2) is 8.10. The maximum atomic E-state index is 13.0. The average Bonchev–Trinajstić information content (AvgIpc) is 2.44. The quantitative estimate of drug-likeness (QED) is 0.718. The molecule has 0 bridgehead atoms. The number of rotatable bonds is 7. The van der Waals surface area contributed by atoms with Crippen LogP contribution in [0.1, 0.15) is 26.2 Å². The first-order valence-electron chi connectivity index (χ1n) is 7.76. The van der Waals surface area contributed by atoms with E-state index >= 15 is 0 Å². The Hall–Kier alpha value is -1.89. The fourth-order valence-electron chi connectivity index (χ4n) is 2.34. The van der Waals surface area contributed by atoms with Crippen LogP contribution in [0.2, 0.25) is 0 Å². The van der Waals surface area contributed by atoms with E-state index in [-0.39, 0.29) is 31.0 Å². The van der Waals surface area contributed by atoms with Gasteiger partial charge in [0.25, 0.3) is 0 Å². The summed E-state index contributed by atoms with van der Waals surface area (Å²) >= 11 is 0. The summed E-state index contributed by atoms with van der Waals surface area (Å²) in [5.74, 6) is -1.33. The minimum absolute atomic E-state index is 0.00684. The first-order valence-corrected chi connectivity index (χ1v) is 7.76. The lowest BCUT2D eigenvalue weighted by Crippen LogP contribution is -2.47. The summed E-state index contributed by atoms with van der Waals surface area (Å²) in [4.78, 5) is 11.7. The average molecular weight is 328 g/mol. The molecule has 3 N–H and O–H groups in total. The van der Waals surface area contributed by atoms with Crippen LogP contribution in [-0.4, -0.2) is 36.4 Å². The number of amides is 2. The van der Waals surface area contributed by atoms with Crippen molar-refractivity contribution in [3.63, 3.8) is 0 Å². The number of halogens is 2. The van der Waals surface area contributed by atoms with E-state index in [1.165, 1.54) is 12.5 Å². The fourth-order valence-corrected chi connectivity index (χ4v) is 2.34. The van der Waals surface area contributed by atoms with Gasteiger partial charge in [-0.05, 0) is 37.8 Å². The van der Waals surface area contributed by atoms with Gasteiger partial charge in [-0.25, -0.2) is 13.6 Å². The fraction of sp³-hybridized carbons (Fsp3) is 0.562. The monoisotopic (exact) mass is 328 g/mol. The molecule has 0 aliphatic heterocycles. The SMILES string of the molecule is CC(NC(=O)NCC(O)COc1ccc(F)c(F)c1)C1CCC1. The van der Waals surface area contributed by atoms with Gasteiger partial charge in [-0.3, -0.25) is 0 Å². The first-order chi connectivity index (χ1) is 11.0. The van der Waals surface area contributed by atoms with Crippen molar-refractivity contribution in [2.75, 3.05) is 13.2 Å². The molecule has 1 aromatic carbocycles. The van der Waals surface area contributed by atoms with Crippen LogP contribution in [0.4, 0.5) is 13.6 Å². The van der Waals surface area contributed by atoms with E-state index in [9.17, 15) is 18.7 Å². The zero-order chi connectivity index (χ0) is 16.8. The van der Waals surface area contributed by atoms with Gasteiger partial charge < -0.3 is 20.5 Å². The third kappa shape index (κ3) is 5.35. The molecular formula is C16H22F2N2O3. The van der Waals surface area contributed by atoms with E-state index in [1.54, 1.807) is 0 Å². The van der Waals surface area contributed by atoms with Gasteiger partial charge in [0, 0.05) is 18.7 Å². The molecule has 1 aromatic rings. The number of nitrogens with one attached hydrogen (secondary N) is 2. The topological polar surface area (TPSA) is 70.6 Å². The lowest BCUT2D eigenvalue weighted by molar-refractivity contribution is 0.107. The molecule has 128 valence electrons. The van der Waals surface area contributed by atoms with Crippen molar-refractivity contribution in [1.82, 2.24) is 10.6 Å². The second-order valence-electron chi connectivity index (χ2n) is 5.87. The number of hydrogen-bond acceptors (Lipinski definition) is 3. The molecule has 1 aliphatic rings. The number of aliphatic hydroxyl groups is 1. The maximum absolute atomic E-state index is 13.0. The van der Waals surface area contributed by atoms with Crippen molar-refractivity contribution in [3.05, 3.63) is 29.8 Å². The van der Waals surface area contributed by atoms with Gasteiger partial charge in [0.15, 0.2) is 11.6 Å². The van der Waals surface area contributed by atoms with Gasteiger partial charge in [0.1, 0.15) is 18.5 Å². The summed E-state index contributed by atoms with van der Waals surface area (Å²) < 4.78 is 30.9. The molecule has 1 fully saturated rings. The Kier molecular flexibility index (Phi) is 6.15. The van der Waals surface area contributed by atoms with Crippen molar-refractivity contribution in [2.24, 2.45) is 5.92 Å². The lowest BCUT2D eigenvalue weighted by Gasteiger charge is -2.31. The summed E-state index contributed by atoms with van der Waals surface area (Å²) in [6, 6.07) is 2.90. The number of benzene rings is 1. The summed E-state index contributed by atoms with van der Waals surface area (Å²) in [6.45, 7) is 1.84. The van der Waals surface area contributed by atoms with Crippen LogP contribution in [0.25, 0.3) is 0 Å². The van der Waals surface area contributed by atoms with Crippen LogP contribution in [-0.2, 0) is 0 Å². The van der Waals surface area contributed by atoms with Crippen LogP contribution in [0, 0.1) is 17.6 Å². The molecule has 2 amide bonds. The van der Waals surface area contributed by atoms with Crippen LogP contribution in [0.15, 0.2) is 18.2 Å². The molecule has 0 aromatic heterocycles. The largest absolute Gasteiger partial charge is 0.491 e. The van der Waals surface area contributed by atoms with E-state index in [1.807, 2.05) is 6.92 Å². The Bertz CT molecular complexity index is 538. The zero-order valence-electron chi connectivity index (χ0n) is 13.0. The Labute approximate surface area is 134 Å². The van der Waals surface area contributed by atoms with Crippen LogP contribution >= 0.6 is 0 Å². The number of urea groups is 1. The van der Waals surface area contributed by atoms with Gasteiger partial charge >= 0.3 is 6.03 Å². The Morgan fingerprint density at radius 3 is 2.74 bits per heavy atom. The minimum atomic E-state index is -1.01. The van der Waals surface area contributed by atoms with Gasteiger partial charge in [0.2, 0.25) is 0 Å². The molecule has 2 rings (SSSR count). The molecule has 2 atom stereocenters. The van der Waals surface area contributed by atoms with Gasteiger partial charge in [-0.2, -0.15) is 0 Å². The van der Waals surface area contributed by atoms with Crippen molar-refractivity contribution in [3.8, 4) is 5.75 Å². The van der Waals surface area contributed by atoms with Crippen LogP contribution < -0.4 is 15.4 Å². The second-order valence-corrected chi connectivity index (χ2v) is 5.87. The van der Waals surface area contributed by atoms with Gasteiger partial charge in [0.05, 0.1) is 0 Å². The Balaban J connectivity index is 1.64. The first kappa shape index (κ1) is 17.5. The van der Waals surface area contributed by atoms with Gasteiger partial charge in [-0.15, -0.1) is 0 Å². The summed E-state index contributed by atoms with van der Waals surface area (Å²) in [5, 5.41) is 15.1. The van der Waals surface area contributed by atoms with E-state index in [0.717, 1.165) is 25.0 Å². The van der Waals surface area contributed by atoms with Crippen molar-refractivity contribution in [2.45, 2.75) is 38.3 Å². The smallest absolute Gasteiger partial charge is 0.315 e. The molecule has 0 heterocycles. The van der Waals surface area contributed by atoms with Crippen molar-refractivity contribution >= 4 is 6.03 Å². The van der Waals surface area contributed by atoms with Crippen molar-refractivity contribution < 1.29 is 23.4 Å². The number of carbonyl (C=O) groups is 1. The zero-order valence-corrected chi connectivity index (χ0v) is 13.0. The molecule has 7 heteroatoms. The maximum Gasteiger partial charge on any atom is 0.315 e.